The number of hydrogen-bond acceptors (Lipinski definition) is 15. The van der Waals surface area contributed by atoms with Crippen molar-refractivity contribution >= 4 is 34.6 Å². The molecule has 0 amide bonds. The SMILES string of the molecule is O=c1[nH]cnc2c1ncn2[C@H]1C[C@H](O)[C@@H](COP(=O)([O-])OP(=O)([O-])OP(=O)([O-])[O-])O1. The van der Waals surface area contributed by atoms with Crippen LogP contribution in [0.4, 0.5) is 0 Å². The van der Waals surface area contributed by atoms with Gasteiger partial charge in [-0.25, -0.2) is 14.3 Å². The number of aliphatic hydroxyl groups excluding tert-OH is 1. The van der Waals surface area contributed by atoms with Crippen molar-refractivity contribution in [3.63, 3.8) is 0 Å². The van der Waals surface area contributed by atoms with Crippen molar-refractivity contribution in [2.45, 2.75) is 24.9 Å². The van der Waals surface area contributed by atoms with Gasteiger partial charge in [0, 0.05) is 6.42 Å². The lowest BCUT2D eigenvalue weighted by Crippen LogP contribution is -2.27. The summed E-state index contributed by atoms with van der Waals surface area (Å²) in [5, 5.41) is 10.0. The molecule has 1 fully saturated rings. The highest BCUT2D eigenvalue weighted by Crippen LogP contribution is 2.60. The third kappa shape index (κ3) is 5.68. The van der Waals surface area contributed by atoms with Crippen LogP contribution in [-0.2, 0) is 31.6 Å². The molecule has 0 bridgehead atoms. The quantitative estimate of drug-likeness (QED) is 0.343. The van der Waals surface area contributed by atoms with Gasteiger partial charge >= 0.3 is 0 Å². The van der Waals surface area contributed by atoms with Crippen LogP contribution in [0.3, 0.4) is 0 Å². The number of nitrogens with zero attached hydrogens (tertiary/aromatic N) is 3. The van der Waals surface area contributed by atoms with Crippen LogP contribution in [0.5, 0.6) is 0 Å². The fourth-order valence-electron chi connectivity index (χ4n) is 2.56. The molecule has 0 saturated carbocycles. The van der Waals surface area contributed by atoms with Crippen molar-refractivity contribution in [3.05, 3.63) is 23.0 Å². The minimum absolute atomic E-state index is 0.00650. The molecule has 3 rings (SSSR count). The molecule has 0 radical (unpaired) electrons. The zero-order valence-electron chi connectivity index (χ0n) is 14.3. The van der Waals surface area contributed by atoms with E-state index in [2.05, 4.69) is 28.1 Å². The average molecular weight is 488 g/mol. The smallest absolute Gasteiger partial charge is 0.278 e. The summed E-state index contributed by atoms with van der Waals surface area (Å²) in [5.41, 5.74) is -0.404. The van der Waals surface area contributed by atoms with Crippen molar-refractivity contribution in [3.8, 4) is 0 Å². The molecule has 168 valence electrons. The summed E-state index contributed by atoms with van der Waals surface area (Å²) < 4.78 is 50.4. The van der Waals surface area contributed by atoms with Crippen LogP contribution in [0, 0.1) is 0 Å². The van der Waals surface area contributed by atoms with E-state index in [1.807, 2.05) is 0 Å². The topological polar surface area (TPSA) is 264 Å². The normalized spacial score (nSPS) is 26.5. The molecule has 2 unspecified atom stereocenters. The Hall–Kier alpha value is -1.32. The maximum Gasteiger partial charge on any atom is 0.278 e. The number of phosphoric acid groups is 3. The zero-order valence-corrected chi connectivity index (χ0v) is 17.0. The molecular formula is C10H11N4O13P3-4. The van der Waals surface area contributed by atoms with Crippen molar-refractivity contribution in [2.75, 3.05) is 6.61 Å². The van der Waals surface area contributed by atoms with E-state index in [9.17, 15) is 43.2 Å². The third-order valence-electron chi connectivity index (χ3n) is 3.68. The lowest BCUT2D eigenvalue weighted by Gasteiger charge is -2.37. The number of hydrogen-bond donors (Lipinski definition) is 2. The van der Waals surface area contributed by atoms with E-state index < -0.39 is 54.1 Å². The second kappa shape index (κ2) is 8.31. The van der Waals surface area contributed by atoms with Gasteiger partial charge in [-0.3, -0.25) is 22.8 Å². The number of imidazole rings is 1. The number of aromatic nitrogens is 4. The monoisotopic (exact) mass is 488 g/mol. The van der Waals surface area contributed by atoms with Crippen LogP contribution in [0.15, 0.2) is 17.4 Å². The van der Waals surface area contributed by atoms with Crippen molar-refractivity contribution in [1.82, 2.24) is 19.5 Å². The van der Waals surface area contributed by atoms with Crippen molar-refractivity contribution in [2.24, 2.45) is 0 Å². The molecule has 1 aliphatic heterocycles. The molecule has 0 aliphatic carbocycles. The van der Waals surface area contributed by atoms with E-state index in [4.69, 9.17) is 4.74 Å². The first-order valence-electron chi connectivity index (χ1n) is 7.71. The number of H-pyrrole nitrogens is 1. The van der Waals surface area contributed by atoms with E-state index in [1.165, 1.54) is 10.9 Å². The van der Waals surface area contributed by atoms with Crippen LogP contribution < -0.4 is 25.1 Å². The van der Waals surface area contributed by atoms with E-state index in [-0.39, 0.29) is 17.6 Å². The molecule has 2 aromatic heterocycles. The average Bonchev–Trinajstić information content (AvgIpc) is 3.14. The highest BCUT2D eigenvalue weighted by atomic mass is 31.3. The standard InChI is InChI=1S/C10H15N4O13P3/c15-5-1-7(14-4-13-8-9(14)11-3-12-10(8)16)25-6(5)2-24-29(20,21)27-30(22,23)26-28(17,18)19/h3-7,15H,1-2H2,(H,20,21)(H,22,23)(H,11,12,16)(H2,17,18,19)/p-4/t5-,6+,7+/m0/s1. The zero-order chi connectivity index (χ0) is 22.3. The maximum atomic E-state index is 11.7. The first-order valence-corrected chi connectivity index (χ1v) is 12.1. The Bertz CT molecular complexity index is 1130. The first-order chi connectivity index (χ1) is 13.8. The Morgan fingerprint density at radius 3 is 2.57 bits per heavy atom. The Morgan fingerprint density at radius 2 is 1.90 bits per heavy atom. The molecule has 1 aliphatic rings. The van der Waals surface area contributed by atoms with Crippen LogP contribution in [0.1, 0.15) is 12.6 Å². The van der Waals surface area contributed by atoms with Crippen molar-refractivity contribution < 1.29 is 56.3 Å². The number of phosphoric ester groups is 1. The fourth-order valence-corrected chi connectivity index (χ4v) is 5.42. The molecule has 0 spiro atoms. The van der Waals surface area contributed by atoms with Gasteiger partial charge in [-0.15, -0.1) is 0 Å². The number of aliphatic hydroxyl groups is 1. The van der Waals surface area contributed by atoms with Gasteiger partial charge in [-0.1, -0.05) is 0 Å². The predicted octanol–water partition coefficient (Wildman–Crippen LogP) is -3.42. The molecule has 3 heterocycles. The molecule has 17 nitrogen and oxygen atoms in total. The molecule has 0 aromatic carbocycles. The second-order valence-electron chi connectivity index (χ2n) is 5.79. The summed E-state index contributed by atoms with van der Waals surface area (Å²) in [6.07, 6.45) is -1.31. The summed E-state index contributed by atoms with van der Waals surface area (Å²) in [6, 6.07) is 0. The summed E-state index contributed by atoms with van der Waals surface area (Å²) in [5.74, 6) is 0. The van der Waals surface area contributed by atoms with Crippen LogP contribution in [-0.4, -0.2) is 43.4 Å². The molecule has 30 heavy (non-hydrogen) atoms. The van der Waals surface area contributed by atoms with E-state index in [0.29, 0.717) is 0 Å². The highest BCUT2D eigenvalue weighted by Gasteiger charge is 2.37. The lowest BCUT2D eigenvalue weighted by molar-refractivity contribution is -0.339. The Morgan fingerprint density at radius 1 is 1.20 bits per heavy atom. The molecule has 20 heteroatoms. The summed E-state index contributed by atoms with van der Waals surface area (Å²) in [7, 11) is -17.9. The second-order valence-corrected chi connectivity index (χ2v) is 10.0. The van der Waals surface area contributed by atoms with E-state index >= 15 is 0 Å². The Balaban J connectivity index is 1.64. The van der Waals surface area contributed by atoms with Crippen molar-refractivity contribution in [1.29, 1.82) is 0 Å². The van der Waals surface area contributed by atoms with Gasteiger partial charge in [0.05, 0.1) is 33.2 Å². The van der Waals surface area contributed by atoms with Gasteiger partial charge in [-0.05, 0) is 0 Å². The fraction of sp³-hybridized carbons (Fsp3) is 0.500. The number of nitrogens with one attached hydrogen (secondary N) is 1. The third-order valence-corrected chi connectivity index (χ3v) is 7.34. The van der Waals surface area contributed by atoms with Gasteiger partial charge < -0.3 is 43.5 Å². The highest BCUT2D eigenvalue weighted by molar-refractivity contribution is 7.64. The minimum Gasteiger partial charge on any atom is -0.790 e. The molecular weight excluding hydrogens is 477 g/mol. The van der Waals surface area contributed by atoms with Gasteiger partial charge in [0.2, 0.25) is 0 Å². The van der Waals surface area contributed by atoms with Gasteiger partial charge in [0.15, 0.2) is 11.2 Å². The molecule has 1 saturated heterocycles. The first kappa shape index (κ1) is 23.3. The summed E-state index contributed by atoms with van der Waals surface area (Å²) in [6.45, 7) is -0.939. The summed E-state index contributed by atoms with van der Waals surface area (Å²) >= 11 is 0. The Labute approximate surface area is 165 Å². The predicted molar refractivity (Wildman–Crippen MR) is 83.6 cm³/mol. The molecule has 5 atom stereocenters. The van der Waals surface area contributed by atoms with Crippen LogP contribution >= 0.6 is 23.5 Å². The van der Waals surface area contributed by atoms with E-state index in [1.54, 1.807) is 0 Å². The van der Waals surface area contributed by atoms with Gasteiger partial charge in [0.25, 0.3) is 21.2 Å². The lowest BCUT2D eigenvalue weighted by atomic mass is 10.2. The number of rotatable bonds is 8. The Kier molecular flexibility index (Phi) is 6.47. The largest absolute Gasteiger partial charge is 0.790 e. The van der Waals surface area contributed by atoms with E-state index in [0.717, 1.165) is 6.33 Å². The molecule has 2 aromatic rings. The number of fused-ring (bicyclic) bond motifs is 1. The van der Waals surface area contributed by atoms with Gasteiger partial charge in [0.1, 0.15) is 12.3 Å². The van der Waals surface area contributed by atoms with Crippen LogP contribution in [0.2, 0.25) is 0 Å². The number of ether oxygens (including phenoxy) is 1. The maximum absolute atomic E-state index is 11.7. The minimum atomic E-state index is -6.10. The van der Waals surface area contributed by atoms with Crippen LogP contribution in [0.25, 0.3) is 11.2 Å². The van der Waals surface area contributed by atoms with Gasteiger partial charge in [-0.2, -0.15) is 0 Å². The molecule has 2 N–H and O–H groups in total. The number of aromatic amines is 1. The summed E-state index contributed by atoms with van der Waals surface area (Å²) in [4.78, 5) is 65.0.